The summed E-state index contributed by atoms with van der Waals surface area (Å²) in [6.07, 6.45) is 6.67. The maximum atomic E-state index is 12.3. The van der Waals surface area contributed by atoms with Gasteiger partial charge in [0, 0.05) is 11.5 Å². The first-order valence-electron chi connectivity index (χ1n) is 7.22. The molecule has 5 heteroatoms. The Balaban J connectivity index is 1.89. The Labute approximate surface area is 128 Å². The molecule has 0 saturated heterocycles. The summed E-state index contributed by atoms with van der Waals surface area (Å²) in [7, 11) is 0. The van der Waals surface area contributed by atoms with Crippen LogP contribution in [0.5, 0.6) is 0 Å². The number of hydrogen-bond donors (Lipinski definition) is 2. The van der Waals surface area contributed by atoms with E-state index in [1.54, 1.807) is 23.1 Å². The molecule has 0 spiro atoms. The minimum Gasteiger partial charge on any atom is -0.396 e. The summed E-state index contributed by atoms with van der Waals surface area (Å²) in [6.45, 7) is 4.49. The van der Waals surface area contributed by atoms with E-state index in [1.807, 2.05) is 6.26 Å². The van der Waals surface area contributed by atoms with Crippen molar-refractivity contribution >= 4 is 39.6 Å². The predicted molar refractivity (Wildman–Crippen MR) is 88.0 cm³/mol. The Morgan fingerprint density at radius 3 is 2.50 bits per heavy atom. The molecule has 20 heavy (non-hydrogen) atoms. The van der Waals surface area contributed by atoms with Crippen LogP contribution in [0.3, 0.4) is 0 Å². The van der Waals surface area contributed by atoms with Gasteiger partial charge in [-0.05, 0) is 51.7 Å². The van der Waals surface area contributed by atoms with Crippen molar-refractivity contribution in [2.75, 3.05) is 17.3 Å². The van der Waals surface area contributed by atoms with Gasteiger partial charge in [-0.25, -0.2) is 0 Å². The minimum absolute atomic E-state index is 0.0850. The Bertz CT molecular complexity index is 542. The summed E-state index contributed by atoms with van der Waals surface area (Å²) < 4.78 is 0. The Hall–Kier alpha value is -0.680. The lowest BCUT2D eigenvalue weighted by Gasteiger charge is -2.27. The highest BCUT2D eigenvalue weighted by atomic mass is 32.2. The van der Waals surface area contributed by atoms with Crippen LogP contribution in [-0.4, -0.2) is 17.6 Å². The Kier molecular flexibility index (Phi) is 3.53. The van der Waals surface area contributed by atoms with Gasteiger partial charge in [0.25, 0.3) is 0 Å². The first kappa shape index (κ1) is 14.3. The lowest BCUT2D eigenvalue weighted by molar-refractivity contribution is 0.0972. The van der Waals surface area contributed by atoms with Crippen molar-refractivity contribution in [3.05, 3.63) is 4.88 Å². The molecule has 1 aromatic heterocycles. The van der Waals surface area contributed by atoms with Gasteiger partial charge in [-0.3, -0.25) is 4.79 Å². The average Bonchev–Trinajstić information content (AvgIpc) is 3.27. The zero-order valence-electron chi connectivity index (χ0n) is 12.3. The van der Waals surface area contributed by atoms with Crippen LogP contribution in [0.1, 0.15) is 49.2 Å². The second-order valence-electron chi connectivity index (χ2n) is 6.47. The van der Waals surface area contributed by atoms with E-state index in [2.05, 4.69) is 19.2 Å². The van der Waals surface area contributed by atoms with Crippen molar-refractivity contribution < 1.29 is 4.79 Å². The van der Waals surface area contributed by atoms with Gasteiger partial charge in [-0.1, -0.05) is 0 Å². The van der Waals surface area contributed by atoms with Crippen molar-refractivity contribution in [1.82, 2.24) is 0 Å². The highest BCUT2D eigenvalue weighted by Crippen LogP contribution is 2.48. The SMILES string of the molecule is CSc1c(NC(C)(C)C2CC2)sc(C(=O)C2CC2)c1N. The molecule has 2 saturated carbocycles. The number of rotatable bonds is 6. The van der Waals surface area contributed by atoms with Crippen LogP contribution < -0.4 is 11.1 Å². The van der Waals surface area contributed by atoms with E-state index in [4.69, 9.17) is 5.73 Å². The zero-order chi connectivity index (χ0) is 14.5. The highest BCUT2D eigenvalue weighted by molar-refractivity contribution is 7.99. The number of ketones is 1. The van der Waals surface area contributed by atoms with Gasteiger partial charge in [-0.2, -0.15) is 0 Å². The van der Waals surface area contributed by atoms with E-state index in [1.165, 1.54) is 12.8 Å². The van der Waals surface area contributed by atoms with Crippen molar-refractivity contribution in [2.45, 2.75) is 50.0 Å². The van der Waals surface area contributed by atoms with Crippen LogP contribution >= 0.6 is 23.1 Å². The van der Waals surface area contributed by atoms with E-state index in [0.29, 0.717) is 5.69 Å². The number of Topliss-reactive ketones (excluding diaryl/α,β-unsaturated/α-hetero) is 1. The molecule has 1 aromatic rings. The van der Waals surface area contributed by atoms with Crippen LogP contribution in [0, 0.1) is 11.8 Å². The molecule has 2 fully saturated rings. The van der Waals surface area contributed by atoms with E-state index in [0.717, 1.165) is 33.5 Å². The van der Waals surface area contributed by atoms with E-state index in [9.17, 15) is 4.79 Å². The van der Waals surface area contributed by atoms with Crippen molar-refractivity contribution in [3.8, 4) is 0 Å². The molecule has 3 nitrogen and oxygen atoms in total. The summed E-state index contributed by atoms with van der Waals surface area (Å²) in [6, 6.07) is 0. The van der Waals surface area contributed by atoms with E-state index < -0.39 is 0 Å². The number of nitrogen functional groups attached to an aromatic ring is 1. The Morgan fingerprint density at radius 2 is 2.00 bits per heavy atom. The normalized spacial score (nSPS) is 19.1. The molecule has 0 bridgehead atoms. The number of anilines is 2. The third-order valence-electron chi connectivity index (χ3n) is 4.31. The second-order valence-corrected chi connectivity index (χ2v) is 8.30. The zero-order valence-corrected chi connectivity index (χ0v) is 13.9. The molecule has 2 aliphatic carbocycles. The monoisotopic (exact) mass is 310 g/mol. The number of nitrogens with one attached hydrogen (secondary N) is 1. The number of thioether (sulfide) groups is 1. The van der Waals surface area contributed by atoms with E-state index >= 15 is 0 Å². The maximum Gasteiger partial charge on any atom is 0.178 e. The molecule has 0 aromatic carbocycles. The largest absolute Gasteiger partial charge is 0.396 e. The predicted octanol–water partition coefficient (Wildman–Crippen LogP) is 4.25. The fourth-order valence-electron chi connectivity index (χ4n) is 2.63. The van der Waals surface area contributed by atoms with Gasteiger partial charge in [0.05, 0.1) is 15.5 Å². The molecule has 0 amide bonds. The number of carbonyl (C=O) groups is 1. The quantitative estimate of drug-likeness (QED) is 0.609. The number of carbonyl (C=O) groups excluding carboxylic acids is 1. The third-order valence-corrected chi connectivity index (χ3v) is 6.41. The smallest absolute Gasteiger partial charge is 0.178 e. The molecule has 110 valence electrons. The average molecular weight is 310 g/mol. The molecule has 2 aliphatic rings. The summed E-state index contributed by atoms with van der Waals surface area (Å²) in [5.41, 5.74) is 6.99. The fraction of sp³-hybridized carbons (Fsp3) is 0.667. The van der Waals surface area contributed by atoms with Gasteiger partial charge in [0.2, 0.25) is 0 Å². The molecule has 3 rings (SSSR count). The van der Waals surface area contributed by atoms with Crippen molar-refractivity contribution in [3.63, 3.8) is 0 Å². The van der Waals surface area contributed by atoms with Gasteiger partial charge >= 0.3 is 0 Å². The van der Waals surface area contributed by atoms with Crippen LogP contribution in [0.2, 0.25) is 0 Å². The lowest BCUT2D eigenvalue weighted by atomic mass is 9.99. The van der Waals surface area contributed by atoms with Crippen molar-refractivity contribution in [2.24, 2.45) is 11.8 Å². The molecule has 0 aliphatic heterocycles. The molecular formula is C15H22N2OS2. The summed E-state index contributed by atoms with van der Waals surface area (Å²) in [5.74, 6) is 1.22. The highest BCUT2D eigenvalue weighted by Gasteiger charge is 2.39. The second kappa shape index (κ2) is 4.95. The van der Waals surface area contributed by atoms with Gasteiger partial charge in [0.15, 0.2) is 5.78 Å². The molecule has 3 N–H and O–H groups in total. The van der Waals surface area contributed by atoms with Gasteiger partial charge in [-0.15, -0.1) is 23.1 Å². The summed E-state index contributed by atoms with van der Waals surface area (Å²) in [4.78, 5) is 14.1. The standard InChI is InChI=1S/C15H22N2OS2/c1-15(2,9-6-7-9)17-14-13(19-3)10(16)12(20-14)11(18)8-4-5-8/h8-9,17H,4-7,16H2,1-3H3. The minimum atomic E-state index is 0.0850. The van der Waals surface area contributed by atoms with Gasteiger partial charge in [0.1, 0.15) is 5.00 Å². The first-order valence-corrected chi connectivity index (χ1v) is 9.27. The van der Waals surface area contributed by atoms with Crippen molar-refractivity contribution in [1.29, 1.82) is 0 Å². The molecule has 1 heterocycles. The summed E-state index contributed by atoms with van der Waals surface area (Å²) in [5, 5.41) is 4.72. The molecular weight excluding hydrogens is 288 g/mol. The Morgan fingerprint density at radius 1 is 1.35 bits per heavy atom. The fourth-order valence-corrected chi connectivity index (χ4v) is 4.83. The number of thiophene rings is 1. The molecule has 0 atom stereocenters. The molecule has 0 radical (unpaired) electrons. The van der Waals surface area contributed by atoms with Gasteiger partial charge < -0.3 is 11.1 Å². The first-order chi connectivity index (χ1) is 9.44. The van der Waals surface area contributed by atoms with E-state index in [-0.39, 0.29) is 17.2 Å². The van der Waals surface area contributed by atoms with Crippen LogP contribution in [0.4, 0.5) is 10.7 Å². The maximum absolute atomic E-state index is 12.3. The number of hydrogen-bond acceptors (Lipinski definition) is 5. The van der Waals surface area contributed by atoms with Crippen LogP contribution in [0.25, 0.3) is 0 Å². The topological polar surface area (TPSA) is 55.1 Å². The molecule has 0 unspecified atom stereocenters. The third kappa shape index (κ3) is 2.58. The lowest BCUT2D eigenvalue weighted by Crippen LogP contribution is -2.33. The van der Waals surface area contributed by atoms with Crippen LogP contribution in [0.15, 0.2) is 4.90 Å². The summed E-state index contributed by atoms with van der Waals surface area (Å²) >= 11 is 3.19. The number of nitrogens with two attached hydrogens (primary N) is 1. The van der Waals surface area contributed by atoms with Crippen LogP contribution in [-0.2, 0) is 0 Å².